The number of hydrogen-bond acceptors (Lipinski definition) is 6. The average Bonchev–Trinajstić information content (AvgIpc) is 3.23. The Morgan fingerprint density at radius 1 is 1.41 bits per heavy atom. The number of benzene rings is 1. The maximum absolute atomic E-state index is 14.8. The molecule has 27 heavy (non-hydrogen) atoms. The molecule has 4 rings (SSSR count). The Bertz CT molecular complexity index is 1120. The Hall–Kier alpha value is -3.27. The molecule has 0 amide bonds. The monoisotopic (exact) mass is 372 g/mol. The minimum atomic E-state index is -1.40. The van der Waals surface area contributed by atoms with Crippen molar-refractivity contribution in [3.8, 4) is 5.95 Å². The van der Waals surface area contributed by atoms with Crippen LogP contribution >= 0.6 is 0 Å². The molecular formula is C17H17FN6O3. The predicted molar refractivity (Wildman–Crippen MR) is 95.8 cm³/mol. The molecule has 0 radical (unpaired) electrons. The highest BCUT2D eigenvalue weighted by Gasteiger charge is 2.25. The summed E-state index contributed by atoms with van der Waals surface area (Å²) < 4.78 is 17.6. The van der Waals surface area contributed by atoms with Crippen LogP contribution in [0.1, 0.15) is 16.8 Å². The molecule has 3 heterocycles. The number of pyridine rings is 1. The lowest BCUT2D eigenvalue weighted by atomic mass is 10.1. The predicted octanol–water partition coefficient (Wildman–Crippen LogP) is 0.494. The molecule has 9 nitrogen and oxygen atoms in total. The van der Waals surface area contributed by atoms with Gasteiger partial charge in [-0.3, -0.25) is 9.36 Å². The van der Waals surface area contributed by atoms with Crippen molar-refractivity contribution < 1.29 is 14.3 Å². The number of rotatable bonds is 3. The van der Waals surface area contributed by atoms with E-state index in [1.165, 1.54) is 27.8 Å². The van der Waals surface area contributed by atoms with Gasteiger partial charge in [0.25, 0.3) is 0 Å². The van der Waals surface area contributed by atoms with Gasteiger partial charge in [-0.05, 0) is 18.6 Å². The Kier molecular flexibility index (Phi) is 3.92. The number of anilines is 1. The summed E-state index contributed by atoms with van der Waals surface area (Å²) in [7, 11) is 1.64. The van der Waals surface area contributed by atoms with Crippen molar-refractivity contribution in [3.05, 3.63) is 46.3 Å². The zero-order chi connectivity index (χ0) is 19.3. The van der Waals surface area contributed by atoms with E-state index in [2.05, 4.69) is 10.1 Å². The van der Waals surface area contributed by atoms with Gasteiger partial charge in [-0.2, -0.15) is 10.1 Å². The number of hydrogen-bond donors (Lipinski definition) is 2. The van der Waals surface area contributed by atoms with Gasteiger partial charge in [0, 0.05) is 32.4 Å². The first kappa shape index (κ1) is 17.2. The van der Waals surface area contributed by atoms with E-state index in [0.29, 0.717) is 30.2 Å². The number of halogens is 1. The van der Waals surface area contributed by atoms with Gasteiger partial charge in [0.1, 0.15) is 17.7 Å². The third-order valence-electron chi connectivity index (χ3n) is 4.77. The van der Waals surface area contributed by atoms with Gasteiger partial charge in [0.05, 0.1) is 16.6 Å². The minimum Gasteiger partial charge on any atom is -0.477 e. The molecule has 1 aliphatic rings. The second-order valence-electron chi connectivity index (χ2n) is 6.55. The van der Waals surface area contributed by atoms with Crippen LogP contribution in [-0.4, -0.2) is 49.5 Å². The second-order valence-corrected chi connectivity index (χ2v) is 6.55. The van der Waals surface area contributed by atoms with Gasteiger partial charge < -0.3 is 15.7 Å². The fourth-order valence-electron chi connectivity index (χ4n) is 3.41. The van der Waals surface area contributed by atoms with Gasteiger partial charge in [0.15, 0.2) is 0 Å². The maximum Gasteiger partial charge on any atom is 0.341 e. The van der Waals surface area contributed by atoms with Gasteiger partial charge in [-0.1, -0.05) is 0 Å². The van der Waals surface area contributed by atoms with Crippen LogP contribution in [0.5, 0.6) is 0 Å². The van der Waals surface area contributed by atoms with Crippen LogP contribution in [-0.2, 0) is 7.05 Å². The van der Waals surface area contributed by atoms with Crippen molar-refractivity contribution in [2.24, 2.45) is 12.8 Å². The molecule has 3 N–H and O–H groups in total. The fraction of sp³-hybridized carbons (Fsp3) is 0.294. The van der Waals surface area contributed by atoms with Crippen LogP contribution in [0.2, 0.25) is 0 Å². The maximum atomic E-state index is 14.8. The van der Waals surface area contributed by atoms with Gasteiger partial charge >= 0.3 is 5.97 Å². The molecule has 3 aromatic rings. The Morgan fingerprint density at radius 2 is 2.19 bits per heavy atom. The first-order valence-corrected chi connectivity index (χ1v) is 8.34. The van der Waals surface area contributed by atoms with E-state index < -0.39 is 22.8 Å². The Morgan fingerprint density at radius 3 is 2.78 bits per heavy atom. The van der Waals surface area contributed by atoms with E-state index in [9.17, 15) is 19.1 Å². The molecule has 10 heteroatoms. The fourth-order valence-corrected chi connectivity index (χ4v) is 3.41. The number of aryl methyl sites for hydroxylation is 1. The molecule has 1 aromatic carbocycles. The summed E-state index contributed by atoms with van der Waals surface area (Å²) in [5, 5.41) is 13.3. The summed E-state index contributed by atoms with van der Waals surface area (Å²) in [5.41, 5.74) is 5.36. The third-order valence-corrected chi connectivity index (χ3v) is 4.77. The number of aromatic carboxylic acids is 1. The lowest BCUT2D eigenvalue weighted by Crippen LogP contribution is -2.27. The van der Waals surface area contributed by atoms with Crippen LogP contribution < -0.4 is 16.1 Å². The van der Waals surface area contributed by atoms with Crippen LogP contribution in [0.4, 0.5) is 10.1 Å². The molecule has 0 aliphatic carbocycles. The van der Waals surface area contributed by atoms with Crippen molar-refractivity contribution in [2.45, 2.75) is 12.5 Å². The van der Waals surface area contributed by atoms with Crippen LogP contribution in [0.3, 0.4) is 0 Å². The number of fused-ring (bicyclic) bond motifs is 1. The number of carbonyl (C=O) groups is 1. The van der Waals surface area contributed by atoms with E-state index in [0.717, 1.165) is 12.5 Å². The molecule has 0 unspecified atom stereocenters. The highest BCUT2D eigenvalue weighted by atomic mass is 19.1. The smallest absolute Gasteiger partial charge is 0.341 e. The van der Waals surface area contributed by atoms with E-state index >= 15 is 0 Å². The molecule has 1 fully saturated rings. The lowest BCUT2D eigenvalue weighted by Gasteiger charge is -2.20. The van der Waals surface area contributed by atoms with Crippen LogP contribution in [0.25, 0.3) is 16.9 Å². The number of nitrogens with two attached hydrogens (primary N) is 1. The standard InChI is InChI=1S/C17H17FN6O3/c1-22-17(20-8-21-22)24-7-11(16(26)27)15(25)10-4-12(18)14(5-13(10)24)23-3-2-9(19)6-23/h4-5,7-9H,2-3,6,19H2,1H3,(H,26,27)/t9-/m0/s1. The number of carboxylic acid groups (broad SMARTS) is 1. The van der Waals surface area contributed by atoms with E-state index in [1.54, 1.807) is 7.05 Å². The van der Waals surface area contributed by atoms with Crippen molar-refractivity contribution in [2.75, 3.05) is 18.0 Å². The van der Waals surface area contributed by atoms with Gasteiger partial charge in [-0.15, -0.1) is 0 Å². The van der Waals surface area contributed by atoms with Crippen LogP contribution in [0, 0.1) is 5.82 Å². The van der Waals surface area contributed by atoms with Crippen molar-refractivity contribution in [3.63, 3.8) is 0 Å². The molecule has 1 saturated heterocycles. The molecule has 1 aliphatic heterocycles. The number of carboxylic acids is 1. The molecule has 0 spiro atoms. The average molecular weight is 372 g/mol. The van der Waals surface area contributed by atoms with Crippen LogP contribution in [0.15, 0.2) is 29.5 Å². The van der Waals surface area contributed by atoms with Gasteiger partial charge in [-0.25, -0.2) is 13.9 Å². The normalized spacial score (nSPS) is 17.0. The van der Waals surface area contributed by atoms with E-state index in [1.807, 2.05) is 4.90 Å². The largest absolute Gasteiger partial charge is 0.477 e. The Labute approximate surface area is 152 Å². The molecular weight excluding hydrogens is 355 g/mol. The molecule has 1 atom stereocenters. The summed E-state index contributed by atoms with van der Waals surface area (Å²) in [6.07, 6.45) is 3.24. The minimum absolute atomic E-state index is 0.0392. The summed E-state index contributed by atoms with van der Waals surface area (Å²) in [4.78, 5) is 30.0. The summed E-state index contributed by atoms with van der Waals surface area (Å²) in [6.45, 7) is 1.11. The quantitative estimate of drug-likeness (QED) is 0.687. The summed E-state index contributed by atoms with van der Waals surface area (Å²) in [5.74, 6) is -1.69. The molecule has 140 valence electrons. The summed E-state index contributed by atoms with van der Waals surface area (Å²) in [6, 6.07) is 2.57. The lowest BCUT2D eigenvalue weighted by molar-refractivity contribution is 0.0695. The first-order valence-electron chi connectivity index (χ1n) is 8.34. The zero-order valence-corrected chi connectivity index (χ0v) is 14.5. The number of aromatic nitrogens is 4. The second kappa shape index (κ2) is 6.16. The van der Waals surface area contributed by atoms with E-state index in [4.69, 9.17) is 5.73 Å². The summed E-state index contributed by atoms with van der Waals surface area (Å²) >= 11 is 0. The molecule has 2 aromatic heterocycles. The number of nitrogens with zero attached hydrogens (tertiary/aromatic N) is 5. The van der Waals surface area contributed by atoms with Gasteiger partial charge in [0.2, 0.25) is 11.4 Å². The molecule has 0 saturated carbocycles. The van der Waals surface area contributed by atoms with Crippen molar-refractivity contribution in [1.29, 1.82) is 0 Å². The zero-order valence-electron chi connectivity index (χ0n) is 14.5. The topological polar surface area (TPSA) is 119 Å². The highest BCUT2D eigenvalue weighted by Crippen LogP contribution is 2.28. The van der Waals surface area contributed by atoms with Crippen molar-refractivity contribution in [1.82, 2.24) is 19.3 Å². The Balaban J connectivity index is 2.04. The highest BCUT2D eigenvalue weighted by molar-refractivity contribution is 5.94. The van der Waals surface area contributed by atoms with E-state index in [-0.39, 0.29) is 11.4 Å². The van der Waals surface area contributed by atoms with Crippen molar-refractivity contribution >= 4 is 22.6 Å². The third kappa shape index (κ3) is 2.74. The first-order chi connectivity index (χ1) is 12.9. The SMILES string of the molecule is Cn1ncnc1-n1cc(C(=O)O)c(=O)c2cc(F)c(N3CC[C@H](N)C3)cc21. The molecule has 0 bridgehead atoms.